The quantitative estimate of drug-likeness (QED) is 0.827. The van der Waals surface area contributed by atoms with E-state index in [0.29, 0.717) is 6.42 Å². The third kappa shape index (κ3) is 3.00. The first-order chi connectivity index (χ1) is 14.1. The summed E-state index contributed by atoms with van der Waals surface area (Å²) in [5.41, 5.74) is 4.68. The molecule has 1 saturated carbocycles. The number of carboxylic acid groups (broad SMARTS) is 1. The van der Waals surface area contributed by atoms with Crippen LogP contribution < -0.4 is 0 Å². The molecule has 2 aromatic rings. The molecule has 5 nitrogen and oxygen atoms in total. The van der Waals surface area contributed by atoms with Crippen LogP contribution in [0.4, 0.5) is 4.79 Å². The molecule has 0 radical (unpaired) electrons. The Bertz CT molecular complexity index is 910. The average molecular weight is 391 g/mol. The van der Waals surface area contributed by atoms with E-state index in [1.807, 2.05) is 24.3 Å². The van der Waals surface area contributed by atoms with Gasteiger partial charge in [-0.2, -0.15) is 0 Å². The maximum absolute atomic E-state index is 13.0. The van der Waals surface area contributed by atoms with Crippen LogP contribution in [0.15, 0.2) is 48.5 Å². The summed E-state index contributed by atoms with van der Waals surface area (Å²) in [5, 5.41) is 9.67. The summed E-state index contributed by atoms with van der Waals surface area (Å²) in [4.78, 5) is 26.4. The lowest BCUT2D eigenvalue weighted by Crippen LogP contribution is -2.46. The van der Waals surface area contributed by atoms with Gasteiger partial charge in [-0.05, 0) is 47.4 Å². The van der Waals surface area contributed by atoms with Crippen molar-refractivity contribution in [2.45, 2.75) is 50.1 Å². The molecule has 0 bridgehead atoms. The Labute approximate surface area is 170 Å². The summed E-state index contributed by atoms with van der Waals surface area (Å²) < 4.78 is 5.78. The zero-order chi connectivity index (χ0) is 20.0. The van der Waals surface area contributed by atoms with E-state index in [0.717, 1.165) is 36.8 Å². The largest absolute Gasteiger partial charge is 0.480 e. The van der Waals surface area contributed by atoms with Gasteiger partial charge in [0.15, 0.2) is 0 Å². The van der Waals surface area contributed by atoms with E-state index in [-0.39, 0.29) is 24.5 Å². The highest BCUT2D eigenvalue weighted by molar-refractivity contribution is 5.82. The molecule has 5 rings (SSSR count). The van der Waals surface area contributed by atoms with Crippen LogP contribution in [0.3, 0.4) is 0 Å². The smallest absolute Gasteiger partial charge is 0.410 e. The Hall–Kier alpha value is -2.82. The maximum atomic E-state index is 13.0. The van der Waals surface area contributed by atoms with Crippen LogP contribution in [0.5, 0.6) is 0 Å². The van der Waals surface area contributed by atoms with Crippen molar-refractivity contribution >= 4 is 12.1 Å². The van der Waals surface area contributed by atoms with E-state index in [2.05, 4.69) is 24.3 Å². The standard InChI is InChI=1S/C24H25NO4/c26-23(27)22-13-15-7-1-6-12-21(15)25(22)24(28)29-14-20-18-10-4-2-8-16(18)17-9-3-5-11-19(17)20/h2-5,8-11,15,20-22H,1,6-7,12-14H2,(H,26,27)/t15-,21-,22+/m0/s1. The second kappa shape index (κ2) is 7.21. The van der Waals surface area contributed by atoms with Crippen molar-refractivity contribution in [3.63, 3.8) is 0 Å². The Kier molecular flexibility index (Phi) is 4.53. The van der Waals surface area contributed by atoms with Gasteiger partial charge in [-0.3, -0.25) is 4.90 Å². The molecule has 2 aliphatic carbocycles. The highest BCUT2D eigenvalue weighted by atomic mass is 16.6. The van der Waals surface area contributed by atoms with Gasteiger partial charge in [-0.15, -0.1) is 0 Å². The first-order valence-electron chi connectivity index (χ1n) is 10.5. The summed E-state index contributed by atoms with van der Waals surface area (Å²) in [6, 6.07) is 15.7. The SMILES string of the molecule is O=C(O)[C@H]1C[C@@H]2CCCC[C@@H]2N1C(=O)OCC1c2ccccc2-c2ccccc21. The number of fused-ring (bicyclic) bond motifs is 4. The average Bonchev–Trinajstić information content (AvgIpc) is 3.29. The van der Waals surface area contributed by atoms with Crippen LogP contribution >= 0.6 is 0 Å². The number of amides is 1. The van der Waals surface area contributed by atoms with Gasteiger partial charge >= 0.3 is 12.1 Å². The topological polar surface area (TPSA) is 66.8 Å². The molecule has 29 heavy (non-hydrogen) atoms. The summed E-state index contributed by atoms with van der Waals surface area (Å²) in [6.45, 7) is 0.229. The Balaban J connectivity index is 1.37. The van der Waals surface area contributed by atoms with Gasteiger partial charge in [0, 0.05) is 12.0 Å². The van der Waals surface area contributed by atoms with Crippen LogP contribution in [0.2, 0.25) is 0 Å². The first-order valence-corrected chi connectivity index (χ1v) is 10.5. The van der Waals surface area contributed by atoms with Gasteiger partial charge in [0.2, 0.25) is 0 Å². The number of hydrogen-bond donors (Lipinski definition) is 1. The summed E-state index contributed by atoms with van der Waals surface area (Å²) >= 11 is 0. The zero-order valence-electron chi connectivity index (χ0n) is 16.3. The maximum Gasteiger partial charge on any atom is 0.410 e. The minimum atomic E-state index is -0.923. The van der Waals surface area contributed by atoms with Crippen molar-refractivity contribution < 1.29 is 19.4 Å². The number of nitrogens with zero attached hydrogens (tertiary/aromatic N) is 1. The van der Waals surface area contributed by atoms with Crippen molar-refractivity contribution in [1.82, 2.24) is 4.90 Å². The fraction of sp³-hybridized carbons (Fsp3) is 0.417. The number of carbonyl (C=O) groups excluding carboxylic acids is 1. The molecule has 1 saturated heterocycles. The van der Waals surface area contributed by atoms with E-state index in [9.17, 15) is 14.7 Å². The molecule has 150 valence electrons. The molecule has 0 unspecified atom stereocenters. The number of benzene rings is 2. The number of rotatable bonds is 3. The van der Waals surface area contributed by atoms with Crippen LogP contribution in [-0.2, 0) is 9.53 Å². The second-order valence-electron chi connectivity index (χ2n) is 8.41. The number of carbonyl (C=O) groups is 2. The normalized spacial score (nSPS) is 25.2. The Morgan fingerprint density at radius 1 is 0.966 bits per heavy atom. The molecule has 3 atom stereocenters. The monoisotopic (exact) mass is 391 g/mol. The third-order valence-corrected chi connectivity index (χ3v) is 6.92. The predicted molar refractivity (Wildman–Crippen MR) is 109 cm³/mol. The molecular formula is C24H25NO4. The Morgan fingerprint density at radius 3 is 2.24 bits per heavy atom. The van der Waals surface area contributed by atoms with Crippen molar-refractivity contribution in [2.75, 3.05) is 6.61 Å². The molecule has 0 aromatic heterocycles. The molecule has 2 aromatic carbocycles. The van der Waals surface area contributed by atoms with E-state index in [1.54, 1.807) is 0 Å². The van der Waals surface area contributed by atoms with E-state index in [1.165, 1.54) is 16.0 Å². The van der Waals surface area contributed by atoms with E-state index >= 15 is 0 Å². The highest BCUT2D eigenvalue weighted by Crippen LogP contribution is 2.45. The van der Waals surface area contributed by atoms with Crippen LogP contribution in [0.1, 0.15) is 49.1 Å². The van der Waals surface area contributed by atoms with Crippen molar-refractivity contribution in [3.05, 3.63) is 59.7 Å². The fourth-order valence-electron chi connectivity index (χ4n) is 5.61. The lowest BCUT2D eigenvalue weighted by atomic mass is 9.85. The van der Waals surface area contributed by atoms with Gasteiger partial charge in [0.1, 0.15) is 12.6 Å². The summed E-state index contributed by atoms with van der Waals surface area (Å²) in [5.74, 6) is -0.655. The van der Waals surface area contributed by atoms with E-state index < -0.39 is 18.1 Å². The lowest BCUT2D eigenvalue weighted by Gasteiger charge is -2.32. The van der Waals surface area contributed by atoms with Gasteiger partial charge in [-0.25, -0.2) is 9.59 Å². The van der Waals surface area contributed by atoms with Crippen molar-refractivity contribution in [3.8, 4) is 11.1 Å². The first kappa shape index (κ1) is 18.2. The second-order valence-corrected chi connectivity index (χ2v) is 8.41. The minimum absolute atomic E-state index is 0.000463. The van der Waals surface area contributed by atoms with Gasteiger partial charge in [0.25, 0.3) is 0 Å². The van der Waals surface area contributed by atoms with Crippen molar-refractivity contribution in [1.29, 1.82) is 0 Å². The van der Waals surface area contributed by atoms with Crippen LogP contribution in [0, 0.1) is 5.92 Å². The number of ether oxygens (including phenoxy) is 1. The van der Waals surface area contributed by atoms with E-state index in [4.69, 9.17) is 4.74 Å². The number of likely N-dealkylation sites (tertiary alicyclic amines) is 1. The highest BCUT2D eigenvalue weighted by Gasteiger charge is 2.48. The molecule has 0 spiro atoms. The van der Waals surface area contributed by atoms with Gasteiger partial charge in [-0.1, -0.05) is 61.4 Å². The van der Waals surface area contributed by atoms with Crippen LogP contribution in [0.25, 0.3) is 11.1 Å². The number of aliphatic carboxylic acids is 1. The van der Waals surface area contributed by atoms with Gasteiger partial charge in [0.05, 0.1) is 0 Å². The fourth-order valence-corrected chi connectivity index (χ4v) is 5.61. The molecule has 5 heteroatoms. The zero-order valence-corrected chi connectivity index (χ0v) is 16.3. The Morgan fingerprint density at radius 2 is 1.59 bits per heavy atom. The molecule has 3 aliphatic rings. The predicted octanol–water partition coefficient (Wildman–Crippen LogP) is 4.65. The molecular weight excluding hydrogens is 366 g/mol. The van der Waals surface area contributed by atoms with Gasteiger partial charge < -0.3 is 9.84 Å². The summed E-state index contributed by atoms with van der Waals surface area (Å²) in [6.07, 6.45) is 4.10. The number of carboxylic acids is 1. The summed E-state index contributed by atoms with van der Waals surface area (Å²) in [7, 11) is 0. The number of hydrogen-bond acceptors (Lipinski definition) is 3. The minimum Gasteiger partial charge on any atom is -0.480 e. The third-order valence-electron chi connectivity index (χ3n) is 6.92. The molecule has 1 amide bonds. The van der Waals surface area contributed by atoms with Crippen molar-refractivity contribution in [2.24, 2.45) is 5.92 Å². The molecule has 1 heterocycles. The van der Waals surface area contributed by atoms with Crippen LogP contribution in [-0.4, -0.2) is 40.8 Å². The molecule has 1 aliphatic heterocycles. The molecule has 1 N–H and O–H groups in total. The molecule has 2 fully saturated rings. The lowest BCUT2D eigenvalue weighted by molar-refractivity contribution is -0.142.